The van der Waals surface area contributed by atoms with Crippen molar-refractivity contribution in [2.24, 2.45) is 0 Å². The molecule has 0 saturated carbocycles. The molecule has 12 heavy (non-hydrogen) atoms. The quantitative estimate of drug-likeness (QED) is 0.620. The molecular formula is C9H7ClN2. The van der Waals surface area contributed by atoms with Gasteiger partial charge in [0.1, 0.15) is 6.33 Å². The summed E-state index contributed by atoms with van der Waals surface area (Å²) in [6, 6.07) is 3.82. The van der Waals surface area contributed by atoms with Crippen LogP contribution in [0, 0.1) is 6.92 Å². The maximum absolute atomic E-state index is 5.95. The van der Waals surface area contributed by atoms with E-state index in [0.717, 1.165) is 16.5 Å². The van der Waals surface area contributed by atoms with Crippen molar-refractivity contribution < 1.29 is 0 Å². The first-order valence-corrected chi connectivity index (χ1v) is 4.01. The van der Waals surface area contributed by atoms with E-state index >= 15 is 0 Å². The Morgan fingerprint density at radius 2 is 2.17 bits per heavy atom. The lowest BCUT2D eigenvalue weighted by atomic mass is 10.1. The maximum Gasteiger partial charge on any atom is 0.116 e. The zero-order valence-electron chi connectivity index (χ0n) is 6.58. The molecule has 3 heteroatoms. The fraction of sp³-hybridized carbons (Fsp3) is 0.111. The Balaban J connectivity index is 2.95. The number of aryl methyl sites for hydroxylation is 1. The molecule has 0 saturated heterocycles. The topological polar surface area (TPSA) is 25.8 Å². The Kier molecular flexibility index (Phi) is 1.70. The second-order valence-corrected chi connectivity index (χ2v) is 3.06. The van der Waals surface area contributed by atoms with Gasteiger partial charge in [0, 0.05) is 11.6 Å². The Bertz CT molecular complexity index is 385. The molecule has 2 nitrogen and oxygen atoms in total. The van der Waals surface area contributed by atoms with Crippen molar-refractivity contribution in [2.45, 2.75) is 6.92 Å². The van der Waals surface area contributed by atoms with Gasteiger partial charge in [-0.05, 0) is 18.6 Å². The minimum Gasteiger partial charge on any atom is -0.244 e. The third-order valence-electron chi connectivity index (χ3n) is 1.82. The van der Waals surface area contributed by atoms with Crippen LogP contribution < -0.4 is 0 Å². The minimum atomic E-state index is 0.705. The highest BCUT2D eigenvalue weighted by Crippen LogP contribution is 2.22. The van der Waals surface area contributed by atoms with Crippen LogP contribution in [0.1, 0.15) is 5.56 Å². The molecule has 0 N–H and O–H groups in total. The zero-order chi connectivity index (χ0) is 8.55. The van der Waals surface area contributed by atoms with Gasteiger partial charge < -0.3 is 0 Å². The summed E-state index contributed by atoms with van der Waals surface area (Å²) in [6.45, 7) is 2.01. The summed E-state index contributed by atoms with van der Waals surface area (Å²) in [5.41, 5.74) is 2.05. The maximum atomic E-state index is 5.95. The predicted molar refractivity (Wildman–Crippen MR) is 49.3 cm³/mol. The van der Waals surface area contributed by atoms with Crippen LogP contribution in [0.25, 0.3) is 10.9 Å². The summed E-state index contributed by atoms with van der Waals surface area (Å²) in [7, 11) is 0. The smallest absolute Gasteiger partial charge is 0.116 e. The van der Waals surface area contributed by atoms with Crippen LogP contribution >= 0.6 is 11.6 Å². The summed E-state index contributed by atoms with van der Waals surface area (Å²) in [5, 5.41) is 1.62. The molecule has 0 bridgehead atoms. The first-order valence-electron chi connectivity index (χ1n) is 3.64. The molecule has 0 radical (unpaired) electrons. The van der Waals surface area contributed by atoms with Crippen molar-refractivity contribution in [3.8, 4) is 0 Å². The second kappa shape index (κ2) is 2.72. The van der Waals surface area contributed by atoms with Crippen molar-refractivity contribution in [1.29, 1.82) is 0 Å². The van der Waals surface area contributed by atoms with E-state index in [0.29, 0.717) is 5.02 Å². The normalized spacial score (nSPS) is 10.5. The van der Waals surface area contributed by atoms with Gasteiger partial charge in [-0.2, -0.15) is 0 Å². The molecule has 0 atom stereocenters. The van der Waals surface area contributed by atoms with Gasteiger partial charge in [0.2, 0.25) is 0 Å². The molecule has 60 valence electrons. The number of benzene rings is 1. The number of hydrogen-bond acceptors (Lipinski definition) is 2. The van der Waals surface area contributed by atoms with Crippen LogP contribution in [-0.2, 0) is 0 Å². The Hall–Kier alpha value is -1.15. The average molecular weight is 179 g/mol. The largest absolute Gasteiger partial charge is 0.244 e. The predicted octanol–water partition coefficient (Wildman–Crippen LogP) is 2.59. The highest BCUT2D eigenvalue weighted by Gasteiger charge is 2.01. The molecule has 2 aromatic rings. The highest BCUT2D eigenvalue weighted by molar-refractivity contribution is 6.35. The zero-order valence-corrected chi connectivity index (χ0v) is 7.34. The van der Waals surface area contributed by atoms with Crippen molar-refractivity contribution in [3.63, 3.8) is 0 Å². The molecule has 0 aliphatic heterocycles. The van der Waals surface area contributed by atoms with Crippen molar-refractivity contribution in [1.82, 2.24) is 9.97 Å². The van der Waals surface area contributed by atoms with Crippen LogP contribution in [0.2, 0.25) is 5.02 Å². The van der Waals surface area contributed by atoms with Crippen LogP contribution in [0.15, 0.2) is 24.7 Å². The van der Waals surface area contributed by atoms with E-state index in [1.165, 1.54) is 6.33 Å². The molecule has 1 heterocycles. The number of fused-ring (bicyclic) bond motifs is 1. The van der Waals surface area contributed by atoms with E-state index < -0.39 is 0 Å². The van der Waals surface area contributed by atoms with Gasteiger partial charge in [0.05, 0.1) is 10.5 Å². The summed E-state index contributed by atoms with van der Waals surface area (Å²) in [6.07, 6.45) is 3.27. The molecule has 0 unspecified atom stereocenters. The van der Waals surface area contributed by atoms with Gasteiger partial charge in [0.15, 0.2) is 0 Å². The molecule has 1 aromatic carbocycles. The van der Waals surface area contributed by atoms with Gasteiger partial charge in [-0.15, -0.1) is 0 Å². The highest BCUT2D eigenvalue weighted by atomic mass is 35.5. The summed E-state index contributed by atoms with van der Waals surface area (Å²) < 4.78 is 0. The summed E-state index contributed by atoms with van der Waals surface area (Å²) >= 11 is 5.95. The molecule has 2 rings (SSSR count). The molecule has 0 spiro atoms. The molecule has 0 aliphatic carbocycles. The SMILES string of the molecule is Cc1ccc(Cl)c2cncnc12. The molecule has 1 aromatic heterocycles. The van der Waals surface area contributed by atoms with E-state index in [1.54, 1.807) is 6.20 Å². The number of halogens is 1. The third-order valence-corrected chi connectivity index (χ3v) is 2.15. The third kappa shape index (κ3) is 1.04. The van der Waals surface area contributed by atoms with E-state index in [4.69, 9.17) is 11.6 Å². The van der Waals surface area contributed by atoms with E-state index in [2.05, 4.69) is 9.97 Å². The standard InChI is InChI=1S/C9H7ClN2/c1-6-2-3-8(10)7-4-11-5-12-9(6)7/h2-5H,1H3. The van der Waals surface area contributed by atoms with Crippen LogP contribution in [0.3, 0.4) is 0 Å². The first kappa shape index (κ1) is 7.50. The van der Waals surface area contributed by atoms with E-state index in [-0.39, 0.29) is 0 Å². The van der Waals surface area contributed by atoms with Crippen molar-refractivity contribution in [3.05, 3.63) is 35.2 Å². The van der Waals surface area contributed by atoms with Gasteiger partial charge in [0.25, 0.3) is 0 Å². The Morgan fingerprint density at radius 1 is 1.33 bits per heavy atom. The van der Waals surface area contributed by atoms with Gasteiger partial charge in [-0.1, -0.05) is 17.7 Å². The molecule has 0 fully saturated rings. The molecule has 0 amide bonds. The van der Waals surface area contributed by atoms with Gasteiger partial charge in [-0.3, -0.25) is 0 Å². The number of nitrogens with zero attached hydrogens (tertiary/aromatic N) is 2. The number of aromatic nitrogens is 2. The van der Waals surface area contributed by atoms with Crippen LogP contribution in [-0.4, -0.2) is 9.97 Å². The van der Waals surface area contributed by atoms with Gasteiger partial charge >= 0.3 is 0 Å². The van der Waals surface area contributed by atoms with Gasteiger partial charge in [-0.25, -0.2) is 9.97 Å². The van der Waals surface area contributed by atoms with Crippen molar-refractivity contribution >= 4 is 22.5 Å². The first-order chi connectivity index (χ1) is 5.79. The lowest BCUT2D eigenvalue weighted by molar-refractivity contribution is 1.21. The summed E-state index contributed by atoms with van der Waals surface area (Å²) in [4.78, 5) is 8.07. The lowest BCUT2D eigenvalue weighted by Crippen LogP contribution is -1.84. The van der Waals surface area contributed by atoms with Crippen molar-refractivity contribution in [2.75, 3.05) is 0 Å². The fourth-order valence-electron chi connectivity index (χ4n) is 1.19. The Labute approximate surface area is 75.2 Å². The fourth-order valence-corrected chi connectivity index (χ4v) is 1.39. The second-order valence-electron chi connectivity index (χ2n) is 2.65. The monoisotopic (exact) mass is 178 g/mol. The molecule has 0 aliphatic rings. The van der Waals surface area contributed by atoms with Crippen LogP contribution in [0.4, 0.5) is 0 Å². The minimum absolute atomic E-state index is 0.705. The number of hydrogen-bond donors (Lipinski definition) is 0. The van der Waals surface area contributed by atoms with E-state index in [1.807, 2.05) is 19.1 Å². The molecular weight excluding hydrogens is 172 g/mol. The Morgan fingerprint density at radius 3 is 2.92 bits per heavy atom. The lowest BCUT2D eigenvalue weighted by Gasteiger charge is -2.00. The van der Waals surface area contributed by atoms with E-state index in [9.17, 15) is 0 Å². The average Bonchev–Trinajstić information content (AvgIpc) is 2.12. The van der Waals surface area contributed by atoms with Crippen LogP contribution in [0.5, 0.6) is 0 Å². The number of rotatable bonds is 0. The summed E-state index contributed by atoms with van der Waals surface area (Å²) in [5.74, 6) is 0.